The first-order valence-electron chi connectivity index (χ1n) is 7.09. The van der Waals surface area contributed by atoms with E-state index in [1.54, 1.807) is 37.3 Å². The molecule has 2 aromatic rings. The summed E-state index contributed by atoms with van der Waals surface area (Å²) in [4.78, 5) is 23.8. The molecule has 0 heterocycles. The largest absolute Gasteiger partial charge is 0.366 e. The van der Waals surface area contributed by atoms with Gasteiger partial charge in [0, 0.05) is 22.7 Å². The maximum atomic E-state index is 12.4. The van der Waals surface area contributed by atoms with E-state index in [4.69, 9.17) is 23.1 Å². The summed E-state index contributed by atoms with van der Waals surface area (Å²) in [7, 11) is 0. The van der Waals surface area contributed by atoms with Crippen molar-refractivity contribution in [1.82, 2.24) is 5.32 Å². The van der Waals surface area contributed by atoms with E-state index in [0.717, 1.165) is 11.1 Å². The average molecular weight is 332 g/mol. The van der Waals surface area contributed by atoms with Gasteiger partial charge in [0.2, 0.25) is 5.91 Å². The Balaban J connectivity index is 2.23. The number of primary amides is 1. The van der Waals surface area contributed by atoms with Crippen LogP contribution in [0.25, 0.3) is 0 Å². The van der Waals surface area contributed by atoms with Crippen LogP contribution in [0.15, 0.2) is 42.5 Å². The number of benzene rings is 2. The van der Waals surface area contributed by atoms with Crippen molar-refractivity contribution in [3.05, 3.63) is 69.7 Å². The number of amides is 2. The molecule has 0 aromatic heterocycles. The number of carbonyl (C=O) groups excluding carboxylic acids is 2. The summed E-state index contributed by atoms with van der Waals surface area (Å²) in [5.74, 6) is -0.898. The number of hydrogen-bond donors (Lipinski definition) is 3. The molecule has 0 aliphatic heterocycles. The summed E-state index contributed by atoms with van der Waals surface area (Å²) in [6.45, 7) is 1.98. The molecule has 0 aliphatic carbocycles. The van der Waals surface area contributed by atoms with Crippen molar-refractivity contribution in [3.63, 3.8) is 0 Å². The van der Waals surface area contributed by atoms with Crippen molar-refractivity contribution in [3.8, 4) is 0 Å². The van der Waals surface area contributed by atoms with E-state index in [9.17, 15) is 9.59 Å². The Morgan fingerprint density at radius 1 is 1.22 bits per heavy atom. The highest BCUT2D eigenvalue weighted by atomic mass is 35.5. The summed E-state index contributed by atoms with van der Waals surface area (Å²) < 4.78 is 0. The molecule has 0 bridgehead atoms. The highest BCUT2D eigenvalue weighted by Crippen LogP contribution is 2.18. The lowest BCUT2D eigenvalue weighted by molar-refractivity contribution is 0.0938. The van der Waals surface area contributed by atoms with Gasteiger partial charge in [-0.15, -0.1) is 0 Å². The SMILES string of the molecule is Cc1ccc(C(=O)NC(CN)c2cccc(Cl)c2)cc1C(N)=O. The Bertz CT molecular complexity index is 746. The molecule has 2 rings (SSSR count). The molecule has 1 unspecified atom stereocenters. The number of halogens is 1. The first-order chi connectivity index (χ1) is 10.9. The molecule has 1 atom stereocenters. The third-order valence-corrected chi connectivity index (χ3v) is 3.79. The number of nitrogens with one attached hydrogen (secondary N) is 1. The molecule has 0 saturated heterocycles. The first kappa shape index (κ1) is 17.0. The predicted molar refractivity (Wildman–Crippen MR) is 90.4 cm³/mol. The second kappa shape index (κ2) is 7.26. The van der Waals surface area contributed by atoms with Crippen LogP contribution in [0.1, 0.15) is 37.9 Å². The minimum absolute atomic E-state index is 0.223. The van der Waals surface area contributed by atoms with Crippen molar-refractivity contribution in [2.45, 2.75) is 13.0 Å². The van der Waals surface area contributed by atoms with E-state index in [0.29, 0.717) is 16.1 Å². The van der Waals surface area contributed by atoms with Crippen LogP contribution in [0.2, 0.25) is 5.02 Å². The lowest BCUT2D eigenvalue weighted by atomic mass is 10.0. The minimum atomic E-state index is -0.567. The van der Waals surface area contributed by atoms with Crippen molar-refractivity contribution >= 4 is 23.4 Å². The Kier molecular flexibility index (Phi) is 5.36. The smallest absolute Gasteiger partial charge is 0.251 e. The molecular weight excluding hydrogens is 314 g/mol. The van der Waals surface area contributed by atoms with Crippen LogP contribution in [0, 0.1) is 6.92 Å². The van der Waals surface area contributed by atoms with Gasteiger partial charge in [0.25, 0.3) is 5.91 Å². The quantitative estimate of drug-likeness (QED) is 0.783. The van der Waals surface area contributed by atoms with E-state index in [-0.39, 0.29) is 18.5 Å². The number of hydrogen-bond acceptors (Lipinski definition) is 3. The number of carbonyl (C=O) groups is 2. The van der Waals surface area contributed by atoms with Gasteiger partial charge in [0.15, 0.2) is 0 Å². The predicted octanol–water partition coefficient (Wildman–Crippen LogP) is 2.18. The Labute approximate surface area is 139 Å². The van der Waals surface area contributed by atoms with Gasteiger partial charge in [0.05, 0.1) is 6.04 Å². The molecule has 0 aliphatic rings. The molecule has 2 aromatic carbocycles. The molecule has 23 heavy (non-hydrogen) atoms. The van der Waals surface area contributed by atoms with Gasteiger partial charge < -0.3 is 16.8 Å². The molecule has 0 fully saturated rings. The lowest BCUT2D eigenvalue weighted by Gasteiger charge is -2.18. The van der Waals surface area contributed by atoms with E-state index in [1.807, 2.05) is 6.07 Å². The monoisotopic (exact) mass is 331 g/mol. The van der Waals surface area contributed by atoms with Gasteiger partial charge in [-0.25, -0.2) is 0 Å². The molecule has 5 N–H and O–H groups in total. The van der Waals surface area contributed by atoms with Crippen LogP contribution in [0.5, 0.6) is 0 Å². The fourth-order valence-electron chi connectivity index (χ4n) is 2.27. The molecule has 0 spiro atoms. The zero-order chi connectivity index (χ0) is 17.0. The zero-order valence-electron chi connectivity index (χ0n) is 12.7. The second-order valence-corrected chi connectivity index (χ2v) is 5.65. The average Bonchev–Trinajstić information content (AvgIpc) is 2.52. The molecule has 0 saturated carbocycles. The number of nitrogens with two attached hydrogens (primary N) is 2. The van der Waals surface area contributed by atoms with Crippen LogP contribution in [-0.4, -0.2) is 18.4 Å². The third-order valence-electron chi connectivity index (χ3n) is 3.56. The van der Waals surface area contributed by atoms with Gasteiger partial charge >= 0.3 is 0 Å². The standard InChI is InChI=1S/C17H18ClN3O2/c1-10-5-6-12(8-14(10)16(20)22)17(23)21-15(9-19)11-3-2-4-13(18)7-11/h2-8,15H,9,19H2,1H3,(H2,20,22)(H,21,23). The molecule has 0 radical (unpaired) electrons. The summed E-state index contributed by atoms with van der Waals surface area (Å²) in [5.41, 5.74) is 13.3. The Morgan fingerprint density at radius 3 is 2.57 bits per heavy atom. The normalized spacial score (nSPS) is 11.8. The lowest BCUT2D eigenvalue weighted by Crippen LogP contribution is -2.33. The van der Waals surface area contributed by atoms with Crippen molar-refractivity contribution in [2.75, 3.05) is 6.54 Å². The van der Waals surface area contributed by atoms with E-state index >= 15 is 0 Å². The topological polar surface area (TPSA) is 98.2 Å². The highest BCUT2D eigenvalue weighted by molar-refractivity contribution is 6.30. The van der Waals surface area contributed by atoms with Gasteiger partial charge in [-0.05, 0) is 42.3 Å². The van der Waals surface area contributed by atoms with Gasteiger partial charge in [0.1, 0.15) is 0 Å². The van der Waals surface area contributed by atoms with Crippen LogP contribution in [-0.2, 0) is 0 Å². The molecule has 120 valence electrons. The van der Waals surface area contributed by atoms with Gasteiger partial charge in [-0.3, -0.25) is 9.59 Å². The van der Waals surface area contributed by atoms with Crippen LogP contribution >= 0.6 is 11.6 Å². The van der Waals surface area contributed by atoms with Crippen molar-refractivity contribution < 1.29 is 9.59 Å². The highest BCUT2D eigenvalue weighted by Gasteiger charge is 2.16. The third kappa shape index (κ3) is 4.09. The van der Waals surface area contributed by atoms with Gasteiger partial charge in [-0.1, -0.05) is 29.8 Å². The molecule has 6 heteroatoms. The zero-order valence-corrected chi connectivity index (χ0v) is 13.4. The van der Waals surface area contributed by atoms with Crippen molar-refractivity contribution in [1.29, 1.82) is 0 Å². The fraction of sp³-hybridized carbons (Fsp3) is 0.176. The van der Waals surface area contributed by atoms with Crippen LogP contribution < -0.4 is 16.8 Å². The van der Waals surface area contributed by atoms with Crippen molar-refractivity contribution in [2.24, 2.45) is 11.5 Å². The number of aryl methyl sites for hydroxylation is 1. The fourth-order valence-corrected chi connectivity index (χ4v) is 2.47. The van der Waals surface area contributed by atoms with E-state index in [2.05, 4.69) is 5.32 Å². The molecular formula is C17H18ClN3O2. The molecule has 5 nitrogen and oxygen atoms in total. The summed E-state index contributed by atoms with van der Waals surface area (Å²) >= 11 is 5.97. The van der Waals surface area contributed by atoms with E-state index < -0.39 is 5.91 Å². The minimum Gasteiger partial charge on any atom is -0.366 e. The second-order valence-electron chi connectivity index (χ2n) is 5.21. The first-order valence-corrected chi connectivity index (χ1v) is 7.47. The van der Waals surface area contributed by atoms with Crippen LogP contribution in [0.4, 0.5) is 0 Å². The summed E-state index contributed by atoms with van der Waals surface area (Å²) in [5, 5.41) is 3.41. The Hall–Kier alpha value is -2.37. The summed E-state index contributed by atoms with van der Waals surface area (Å²) in [6, 6.07) is 11.6. The molecule has 2 amide bonds. The van der Waals surface area contributed by atoms with E-state index in [1.165, 1.54) is 6.07 Å². The van der Waals surface area contributed by atoms with Gasteiger partial charge in [-0.2, -0.15) is 0 Å². The maximum Gasteiger partial charge on any atom is 0.251 e. The van der Waals surface area contributed by atoms with Crippen LogP contribution in [0.3, 0.4) is 0 Å². The number of rotatable bonds is 5. The maximum absolute atomic E-state index is 12.4. The summed E-state index contributed by atoms with van der Waals surface area (Å²) in [6.07, 6.45) is 0. The Morgan fingerprint density at radius 2 is 1.96 bits per heavy atom.